The van der Waals surface area contributed by atoms with Crippen LogP contribution in [0.4, 0.5) is 0 Å². The molecule has 2 aromatic rings. The van der Waals surface area contributed by atoms with E-state index in [1.165, 1.54) is 69.8 Å². The van der Waals surface area contributed by atoms with E-state index in [9.17, 15) is 0 Å². The minimum absolute atomic E-state index is 0.586. The normalized spacial score (nSPS) is 18.1. The SMILES string of the molecule is CCCCCc1ccc(C#Cc2ccc(C#CC3CCC(CCC)CC3)cc2)cc1. The first-order valence-corrected chi connectivity index (χ1v) is 12.0. The van der Waals surface area contributed by atoms with Crippen LogP contribution >= 0.6 is 0 Å². The molecule has 0 amide bonds. The molecule has 30 heavy (non-hydrogen) atoms. The smallest absolute Gasteiger partial charge is 0.0249 e. The maximum absolute atomic E-state index is 3.52. The first-order chi connectivity index (χ1) is 14.8. The Morgan fingerprint density at radius 2 is 1.23 bits per heavy atom. The predicted molar refractivity (Wildman–Crippen MR) is 129 cm³/mol. The third kappa shape index (κ3) is 7.43. The van der Waals surface area contributed by atoms with E-state index in [1.54, 1.807) is 0 Å². The van der Waals surface area contributed by atoms with Crippen LogP contribution in [-0.4, -0.2) is 0 Å². The van der Waals surface area contributed by atoms with E-state index in [0.29, 0.717) is 5.92 Å². The summed E-state index contributed by atoms with van der Waals surface area (Å²) in [5.74, 6) is 15.0. The van der Waals surface area contributed by atoms with Gasteiger partial charge in [0.25, 0.3) is 0 Å². The molecule has 0 N–H and O–H groups in total. The van der Waals surface area contributed by atoms with E-state index in [2.05, 4.69) is 86.1 Å². The molecule has 156 valence electrons. The topological polar surface area (TPSA) is 0 Å². The lowest BCUT2D eigenvalue weighted by atomic mass is 9.80. The Balaban J connectivity index is 1.51. The summed E-state index contributed by atoms with van der Waals surface area (Å²) in [6, 6.07) is 17.1. The van der Waals surface area contributed by atoms with Crippen molar-refractivity contribution in [2.45, 2.75) is 78.1 Å². The van der Waals surface area contributed by atoms with Crippen molar-refractivity contribution in [2.75, 3.05) is 0 Å². The summed E-state index contributed by atoms with van der Waals surface area (Å²) in [6.07, 6.45) is 13.0. The molecule has 0 atom stereocenters. The summed E-state index contributed by atoms with van der Waals surface area (Å²) in [5.41, 5.74) is 4.65. The van der Waals surface area contributed by atoms with Gasteiger partial charge in [0.05, 0.1) is 0 Å². The molecule has 2 aromatic carbocycles. The van der Waals surface area contributed by atoms with E-state index in [0.717, 1.165) is 22.6 Å². The van der Waals surface area contributed by atoms with Crippen molar-refractivity contribution in [3.8, 4) is 23.7 Å². The zero-order chi connectivity index (χ0) is 21.0. The summed E-state index contributed by atoms with van der Waals surface area (Å²) < 4.78 is 0. The third-order valence-corrected chi connectivity index (χ3v) is 6.22. The van der Waals surface area contributed by atoms with Gasteiger partial charge in [0.15, 0.2) is 0 Å². The fourth-order valence-corrected chi connectivity index (χ4v) is 4.30. The summed E-state index contributed by atoms with van der Waals surface area (Å²) in [6.45, 7) is 4.54. The summed E-state index contributed by atoms with van der Waals surface area (Å²) >= 11 is 0. The first kappa shape index (κ1) is 22.2. The van der Waals surface area contributed by atoms with Crippen molar-refractivity contribution in [1.29, 1.82) is 0 Å². The van der Waals surface area contributed by atoms with Crippen LogP contribution in [-0.2, 0) is 6.42 Å². The molecule has 0 spiro atoms. The Morgan fingerprint density at radius 1 is 0.667 bits per heavy atom. The second-order valence-corrected chi connectivity index (χ2v) is 8.76. The van der Waals surface area contributed by atoms with Crippen molar-refractivity contribution in [1.82, 2.24) is 0 Å². The lowest BCUT2D eigenvalue weighted by Gasteiger charge is -2.25. The maximum atomic E-state index is 3.52. The molecule has 0 aromatic heterocycles. The Hall–Kier alpha value is -2.44. The van der Waals surface area contributed by atoms with E-state index in [-0.39, 0.29) is 0 Å². The van der Waals surface area contributed by atoms with Gasteiger partial charge in [-0.1, -0.05) is 75.3 Å². The molecule has 0 nitrogen and oxygen atoms in total. The Bertz CT molecular complexity index is 870. The predicted octanol–water partition coefficient (Wildman–Crippen LogP) is 7.78. The molecule has 3 rings (SSSR count). The zero-order valence-corrected chi connectivity index (χ0v) is 18.8. The van der Waals surface area contributed by atoms with Crippen LogP contribution in [0.3, 0.4) is 0 Å². The summed E-state index contributed by atoms with van der Waals surface area (Å²) in [5, 5.41) is 0. The second kappa shape index (κ2) is 12.3. The molecule has 1 fully saturated rings. The highest BCUT2D eigenvalue weighted by atomic mass is 14.2. The van der Waals surface area contributed by atoms with Gasteiger partial charge < -0.3 is 0 Å². The van der Waals surface area contributed by atoms with E-state index in [4.69, 9.17) is 0 Å². The average Bonchev–Trinajstić information content (AvgIpc) is 2.79. The van der Waals surface area contributed by atoms with Crippen LogP contribution in [0.1, 0.15) is 93.9 Å². The molecule has 0 heteroatoms. The fourth-order valence-electron chi connectivity index (χ4n) is 4.30. The highest BCUT2D eigenvalue weighted by Gasteiger charge is 2.18. The van der Waals surface area contributed by atoms with Crippen LogP contribution in [0.2, 0.25) is 0 Å². The van der Waals surface area contributed by atoms with Crippen molar-refractivity contribution >= 4 is 0 Å². The Kier molecular flexibility index (Phi) is 9.12. The molecule has 0 radical (unpaired) electrons. The molecule has 0 unspecified atom stereocenters. The van der Waals surface area contributed by atoms with Crippen molar-refractivity contribution < 1.29 is 0 Å². The van der Waals surface area contributed by atoms with E-state index >= 15 is 0 Å². The summed E-state index contributed by atoms with van der Waals surface area (Å²) in [7, 11) is 0. The molecule has 0 saturated heterocycles. The Labute approximate surface area is 184 Å². The quantitative estimate of drug-likeness (QED) is 0.345. The van der Waals surface area contributed by atoms with Gasteiger partial charge in [-0.25, -0.2) is 0 Å². The standard InChI is InChI=1S/C30H36/c1-3-5-6-8-26-11-15-28(16-12-26)18-20-30-23-21-29(22-24-30)19-17-27-13-9-25(7-4-2)10-14-27/h11-12,15-16,21-25,27H,3-10,13-14H2,1-2H3. The van der Waals surface area contributed by atoms with Gasteiger partial charge in [0.2, 0.25) is 0 Å². The number of hydrogen-bond donors (Lipinski definition) is 0. The highest BCUT2D eigenvalue weighted by Crippen LogP contribution is 2.31. The average molecular weight is 397 g/mol. The highest BCUT2D eigenvalue weighted by molar-refractivity contribution is 5.46. The first-order valence-electron chi connectivity index (χ1n) is 12.0. The molecule has 1 saturated carbocycles. The lowest BCUT2D eigenvalue weighted by Crippen LogP contribution is -2.13. The van der Waals surface area contributed by atoms with Crippen molar-refractivity contribution in [3.63, 3.8) is 0 Å². The minimum atomic E-state index is 0.586. The van der Waals surface area contributed by atoms with Gasteiger partial charge in [0, 0.05) is 22.6 Å². The molecular formula is C30H36. The zero-order valence-electron chi connectivity index (χ0n) is 18.8. The van der Waals surface area contributed by atoms with Crippen LogP contribution in [0.15, 0.2) is 48.5 Å². The van der Waals surface area contributed by atoms with Gasteiger partial charge in [-0.05, 0) is 86.4 Å². The molecule has 0 aliphatic heterocycles. The van der Waals surface area contributed by atoms with Gasteiger partial charge >= 0.3 is 0 Å². The van der Waals surface area contributed by atoms with Gasteiger partial charge in [0.1, 0.15) is 0 Å². The molecule has 0 heterocycles. The number of benzene rings is 2. The van der Waals surface area contributed by atoms with Gasteiger partial charge in [-0.15, -0.1) is 0 Å². The van der Waals surface area contributed by atoms with Gasteiger partial charge in [-0.3, -0.25) is 0 Å². The number of hydrogen-bond acceptors (Lipinski definition) is 0. The van der Waals surface area contributed by atoms with E-state index in [1.807, 2.05) is 0 Å². The number of aryl methyl sites for hydroxylation is 1. The van der Waals surface area contributed by atoms with Gasteiger partial charge in [-0.2, -0.15) is 0 Å². The monoisotopic (exact) mass is 396 g/mol. The molecule has 1 aliphatic rings. The van der Waals surface area contributed by atoms with Crippen LogP contribution < -0.4 is 0 Å². The Morgan fingerprint density at radius 3 is 1.80 bits per heavy atom. The lowest BCUT2D eigenvalue weighted by molar-refractivity contribution is 0.300. The van der Waals surface area contributed by atoms with Crippen molar-refractivity contribution in [3.05, 3.63) is 70.8 Å². The largest absolute Gasteiger partial charge is 0.0945 e. The second-order valence-electron chi connectivity index (χ2n) is 8.76. The van der Waals surface area contributed by atoms with Crippen LogP contribution in [0, 0.1) is 35.5 Å². The van der Waals surface area contributed by atoms with Crippen LogP contribution in [0.5, 0.6) is 0 Å². The van der Waals surface area contributed by atoms with Crippen molar-refractivity contribution in [2.24, 2.45) is 11.8 Å². The summed E-state index contributed by atoms with van der Waals surface area (Å²) in [4.78, 5) is 0. The molecule has 1 aliphatic carbocycles. The van der Waals surface area contributed by atoms with E-state index < -0.39 is 0 Å². The fraction of sp³-hybridized carbons (Fsp3) is 0.467. The van der Waals surface area contributed by atoms with Crippen LogP contribution in [0.25, 0.3) is 0 Å². The molecular weight excluding hydrogens is 360 g/mol. The molecule has 0 bridgehead atoms. The number of rotatable bonds is 6. The maximum Gasteiger partial charge on any atom is 0.0249 e. The minimum Gasteiger partial charge on any atom is -0.0945 e. The number of unbranched alkanes of at least 4 members (excludes halogenated alkanes) is 2. The third-order valence-electron chi connectivity index (χ3n) is 6.22.